The van der Waals surface area contributed by atoms with Gasteiger partial charge in [0, 0.05) is 11.8 Å². The molecule has 6 nitrogen and oxygen atoms in total. The first-order chi connectivity index (χ1) is 10.8. The summed E-state index contributed by atoms with van der Waals surface area (Å²) in [5, 5.41) is 5.85. The summed E-state index contributed by atoms with van der Waals surface area (Å²) in [6, 6.07) is 12.7. The second-order valence-corrected chi connectivity index (χ2v) is 4.67. The molecule has 1 heterocycles. The molecule has 6 heteroatoms. The first kappa shape index (κ1) is 14.1. The van der Waals surface area contributed by atoms with Crippen molar-refractivity contribution in [2.45, 2.75) is 0 Å². The van der Waals surface area contributed by atoms with Crippen molar-refractivity contribution in [1.82, 2.24) is 0 Å². The van der Waals surface area contributed by atoms with Crippen LogP contribution in [0.3, 0.4) is 0 Å². The molecule has 1 amide bonds. The maximum Gasteiger partial charge on any atom is 0.243 e. The molecule has 3 rings (SSSR count). The molecule has 22 heavy (non-hydrogen) atoms. The van der Waals surface area contributed by atoms with E-state index in [0.717, 1.165) is 5.69 Å². The summed E-state index contributed by atoms with van der Waals surface area (Å²) in [5.41, 5.74) is 1.43. The average molecular weight is 300 g/mol. The van der Waals surface area contributed by atoms with Crippen LogP contribution in [0.2, 0.25) is 0 Å². The topological polar surface area (TPSA) is 68.8 Å². The number of para-hydroxylation sites is 2. The summed E-state index contributed by atoms with van der Waals surface area (Å²) in [6.07, 6.45) is 0. The number of amides is 1. The Balaban J connectivity index is 1.58. The van der Waals surface area contributed by atoms with Gasteiger partial charge in [0.1, 0.15) is 5.75 Å². The van der Waals surface area contributed by atoms with Gasteiger partial charge in [-0.25, -0.2) is 0 Å². The van der Waals surface area contributed by atoms with E-state index in [4.69, 9.17) is 14.2 Å². The monoisotopic (exact) mass is 300 g/mol. The van der Waals surface area contributed by atoms with Crippen molar-refractivity contribution in [2.75, 3.05) is 31.1 Å². The number of fused-ring (bicyclic) bond motifs is 1. The lowest BCUT2D eigenvalue weighted by Gasteiger charge is -2.11. The summed E-state index contributed by atoms with van der Waals surface area (Å²) in [6.45, 7) is 0.366. The van der Waals surface area contributed by atoms with Gasteiger partial charge >= 0.3 is 0 Å². The fourth-order valence-electron chi connectivity index (χ4n) is 2.13. The summed E-state index contributed by atoms with van der Waals surface area (Å²) in [4.78, 5) is 12.0. The third-order valence-electron chi connectivity index (χ3n) is 3.21. The van der Waals surface area contributed by atoms with Gasteiger partial charge in [0.2, 0.25) is 12.7 Å². The van der Waals surface area contributed by atoms with Crippen LogP contribution in [0, 0.1) is 0 Å². The van der Waals surface area contributed by atoms with E-state index in [0.29, 0.717) is 22.9 Å². The van der Waals surface area contributed by atoms with Gasteiger partial charge in [-0.05, 0) is 24.3 Å². The number of anilines is 2. The molecule has 1 aliphatic heterocycles. The summed E-state index contributed by atoms with van der Waals surface area (Å²) < 4.78 is 15.7. The molecule has 0 spiro atoms. The van der Waals surface area contributed by atoms with E-state index in [1.54, 1.807) is 25.3 Å². The van der Waals surface area contributed by atoms with Gasteiger partial charge in [0.15, 0.2) is 11.5 Å². The van der Waals surface area contributed by atoms with E-state index < -0.39 is 0 Å². The minimum atomic E-state index is -0.165. The van der Waals surface area contributed by atoms with Crippen LogP contribution < -0.4 is 24.8 Å². The molecule has 2 aromatic rings. The van der Waals surface area contributed by atoms with Gasteiger partial charge in [-0.2, -0.15) is 0 Å². The first-order valence-corrected chi connectivity index (χ1v) is 6.82. The van der Waals surface area contributed by atoms with E-state index in [2.05, 4.69) is 10.6 Å². The van der Waals surface area contributed by atoms with Crippen LogP contribution in [0.25, 0.3) is 0 Å². The Bertz CT molecular complexity index is 688. The summed E-state index contributed by atoms with van der Waals surface area (Å²) in [7, 11) is 1.57. The van der Waals surface area contributed by atoms with Crippen LogP contribution in [0.5, 0.6) is 17.2 Å². The van der Waals surface area contributed by atoms with Crippen molar-refractivity contribution >= 4 is 17.3 Å². The zero-order valence-electron chi connectivity index (χ0n) is 12.1. The van der Waals surface area contributed by atoms with Crippen LogP contribution in [-0.4, -0.2) is 26.4 Å². The normalized spacial score (nSPS) is 11.9. The molecule has 1 aliphatic rings. The second-order valence-electron chi connectivity index (χ2n) is 4.67. The molecule has 2 aromatic carbocycles. The van der Waals surface area contributed by atoms with Crippen LogP contribution >= 0.6 is 0 Å². The van der Waals surface area contributed by atoms with Gasteiger partial charge < -0.3 is 24.8 Å². The van der Waals surface area contributed by atoms with Crippen molar-refractivity contribution in [3.63, 3.8) is 0 Å². The Morgan fingerprint density at radius 3 is 2.86 bits per heavy atom. The van der Waals surface area contributed by atoms with E-state index in [1.165, 1.54) is 0 Å². The highest BCUT2D eigenvalue weighted by Gasteiger charge is 2.13. The number of nitrogens with one attached hydrogen (secondary N) is 2. The highest BCUT2D eigenvalue weighted by Crippen LogP contribution is 2.34. The number of rotatable bonds is 5. The Labute approximate surface area is 128 Å². The average Bonchev–Trinajstić information content (AvgIpc) is 3.01. The number of ether oxygens (including phenoxy) is 3. The highest BCUT2D eigenvalue weighted by atomic mass is 16.7. The van der Waals surface area contributed by atoms with Gasteiger partial charge in [-0.1, -0.05) is 12.1 Å². The van der Waals surface area contributed by atoms with Crippen LogP contribution in [0.4, 0.5) is 11.4 Å². The molecule has 0 aliphatic carbocycles. The predicted octanol–water partition coefficient (Wildman–Crippen LogP) is 2.47. The van der Waals surface area contributed by atoms with E-state index in [9.17, 15) is 4.79 Å². The number of carbonyl (C=O) groups is 1. The molecule has 2 N–H and O–H groups in total. The molecular weight excluding hydrogens is 284 g/mol. The highest BCUT2D eigenvalue weighted by molar-refractivity contribution is 5.95. The number of hydrogen-bond acceptors (Lipinski definition) is 5. The molecule has 0 atom stereocenters. The fraction of sp³-hybridized carbons (Fsp3) is 0.188. The Morgan fingerprint density at radius 2 is 2.00 bits per heavy atom. The third-order valence-corrected chi connectivity index (χ3v) is 3.21. The van der Waals surface area contributed by atoms with Crippen LogP contribution in [0.1, 0.15) is 0 Å². The first-order valence-electron chi connectivity index (χ1n) is 6.82. The van der Waals surface area contributed by atoms with Crippen molar-refractivity contribution in [2.24, 2.45) is 0 Å². The van der Waals surface area contributed by atoms with Gasteiger partial charge in [-0.15, -0.1) is 0 Å². The van der Waals surface area contributed by atoms with E-state index >= 15 is 0 Å². The molecule has 0 bridgehead atoms. The largest absolute Gasteiger partial charge is 0.495 e. The van der Waals surface area contributed by atoms with Crippen molar-refractivity contribution < 1.29 is 19.0 Å². The number of benzene rings is 2. The van der Waals surface area contributed by atoms with Gasteiger partial charge in [0.05, 0.1) is 19.3 Å². The van der Waals surface area contributed by atoms with Gasteiger partial charge in [0.25, 0.3) is 0 Å². The fourth-order valence-corrected chi connectivity index (χ4v) is 2.13. The Kier molecular flexibility index (Phi) is 4.00. The minimum Gasteiger partial charge on any atom is -0.495 e. The molecular formula is C16H16N2O4. The smallest absolute Gasteiger partial charge is 0.243 e. The maximum absolute atomic E-state index is 12.0. The number of hydrogen-bond donors (Lipinski definition) is 2. The third kappa shape index (κ3) is 3.06. The predicted molar refractivity (Wildman–Crippen MR) is 82.7 cm³/mol. The summed E-state index contributed by atoms with van der Waals surface area (Å²) in [5.74, 6) is 1.85. The molecule has 0 unspecified atom stereocenters. The molecule has 0 saturated carbocycles. The zero-order chi connectivity index (χ0) is 15.4. The van der Waals surface area contributed by atoms with Crippen LogP contribution in [0.15, 0.2) is 42.5 Å². The lowest BCUT2D eigenvalue weighted by molar-refractivity contribution is -0.114. The Morgan fingerprint density at radius 1 is 1.18 bits per heavy atom. The quantitative estimate of drug-likeness (QED) is 0.888. The van der Waals surface area contributed by atoms with E-state index in [-0.39, 0.29) is 19.2 Å². The number of carbonyl (C=O) groups excluding carboxylic acids is 1. The molecule has 0 aromatic heterocycles. The summed E-state index contributed by atoms with van der Waals surface area (Å²) >= 11 is 0. The van der Waals surface area contributed by atoms with Crippen molar-refractivity contribution in [3.8, 4) is 17.2 Å². The lowest BCUT2D eigenvalue weighted by Crippen LogP contribution is -2.22. The van der Waals surface area contributed by atoms with Crippen molar-refractivity contribution in [3.05, 3.63) is 42.5 Å². The lowest BCUT2D eigenvalue weighted by atomic mass is 10.2. The van der Waals surface area contributed by atoms with E-state index in [1.807, 2.05) is 24.3 Å². The second kappa shape index (κ2) is 6.26. The molecule has 0 radical (unpaired) electrons. The van der Waals surface area contributed by atoms with Crippen LogP contribution in [-0.2, 0) is 4.79 Å². The Hall–Kier alpha value is -2.89. The standard InChI is InChI=1S/C16H16N2O4/c1-20-13-5-3-2-4-12(13)18-16(19)9-17-11-6-7-14-15(8-11)22-10-21-14/h2-8,17H,9-10H2,1H3,(H,18,19). The minimum absolute atomic E-state index is 0.137. The molecule has 0 saturated heterocycles. The number of methoxy groups -OCH3 is 1. The zero-order valence-corrected chi connectivity index (χ0v) is 12.1. The van der Waals surface area contributed by atoms with Crippen molar-refractivity contribution in [1.29, 1.82) is 0 Å². The molecule has 0 fully saturated rings. The molecule has 114 valence electrons. The van der Waals surface area contributed by atoms with Gasteiger partial charge in [-0.3, -0.25) is 4.79 Å². The SMILES string of the molecule is COc1ccccc1NC(=O)CNc1ccc2c(c1)OCO2. The maximum atomic E-state index is 12.0.